The van der Waals surface area contributed by atoms with Gasteiger partial charge in [0.2, 0.25) is 0 Å². The van der Waals surface area contributed by atoms with Crippen LogP contribution in [0.3, 0.4) is 0 Å². The Morgan fingerprint density at radius 1 is 0.900 bits per heavy atom. The molecule has 2 aromatic carbocycles. The number of H-pyrrole nitrogens is 1. The summed E-state index contributed by atoms with van der Waals surface area (Å²) >= 11 is 0. The van der Waals surface area contributed by atoms with Crippen LogP contribution in [-0.2, 0) is 0 Å². The van der Waals surface area contributed by atoms with Gasteiger partial charge >= 0.3 is 0 Å². The molecule has 0 amide bonds. The molecule has 1 N–H and O–H groups in total. The Bertz CT molecular complexity index is 729. The van der Waals surface area contributed by atoms with E-state index in [0.717, 1.165) is 11.3 Å². The van der Waals surface area contributed by atoms with Gasteiger partial charge in [0.25, 0.3) is 0 Å². The highest BCUT2D eigenvalue weighted by Gasteiger charge is 2.15. The molecule has 3 rings (SSSR count). The number of benzene rings is 2. The van der Waals surface area contributed by atoms with Gasteiger partial charge < -0.3 is 4.98 Å². The number of hydrogen-bond donors (Lipinski definition) is 1. The van der Waals surface area contributed by atoms with Crippen LogP contribution in [0.5, 0.6) is 0 Å². The molecule has 3 aromatic rings. The summed E-state index contributed by atoms with van der Waals surface area (Å²) < 4.78 is 12.9. The fourth-order valence-corrected chi connectivity index (χ4v) is 2.16. The lowest BCUT2D eigenvalue weighted by Crippen LogP contribution is -2.01. The van der Waals surface area contributed by atoms with Crippen LogP contribution in [0.25, 0.3) is 11.3 Å². The highest BCUT2D eigenvalue weighted by Crippen LogP contribution is 2.24. The lowest BCUT2D eigenvalue weighted by Gasteiger charge is -2.04. The zero-order valence-corrected chi connectivity index (χ0v) is 10.6. The third-order valence-corrected chi connectivity index (χ3v) is 3.16. The molecule has 0 aliphatic carbocycles. The third kappa shape index (κ3) is 2.26. The second-order valence-corrected chi connectivity index (χ2v) is 4.47. The van der Waals surface area contributed by atoms with E-state index in [1.807, 2.05) is 30.3 Å². The molecule has 3 heteroatoms. The van der Waals surface area contributed by atoms with Crippen molar-refractivity contribution in [1.82, 2.24) is 4.98 Å². The van der Waals surface area contributed by atoms with Gasteiger partial charge in [0.05, 0.1) is 5.69 Å². The summed E-state index contributed by atoms with van der Waals surface area (Å²) in [6, 6.07) is 17.0. The van der Waals surface area contributed by atoms with Crippen molar-refractivity contribution in [1.29, 1.82) is 0 Å². The van der Waals surface area contributed by atoms with Gasteiger partial charge in [-0.15, -0.1) is 0 Å². The summed E-state index contributed by atoms with van der Waals surface area (Å²) in [5.41, 5.74) is 2.79. The van der Waals surface area contributed by atoms with Gasteiger partial charge in [-0.05, 0) is 35.9 Å². The molecule has 0 aliphatic heterocycles. The van der Waals surface area contributed by atoms with Gasteiger partial charge in [0.1, 0.15) is 5.82 Å². The summed E-state index contributed by atoms with van der Waals surface area (Å²) in [6.07, 6.45) is 1.74. The first-order valence-corrected chi connectivity index (χ1v) is 6.29. The summed E-state index contributed by atoms with van der Waals surface area (Å²) in [5, 5.41) is 0. The van der Waals surface area contributed by atoms with Gasteiger partial charge in [-0.3, -0.25) is 4.79 Å². The lowest BCUT2D eigenvalue weighted by molar-refractivity contribution is 0.103. The van der Waals surface area contributed by atoms with Crippen molar-refractivity contribution < 1.29 is 9.18 Å². The second-order valence-electron chi connectivity index (χ2n) is 4.47. The summed E-state index contributed by atoms with van der Waals surface area (Å²) in [7, 11) is 0. The molecule has 2 nitrogen and oxygen atoms in total. The lowest BCUT2D eigenvalue weighted by atomic mass is 10.0. The van der Waals surface area contributed by atoms with E-state index in [9.17, 15) is 9.18 Å². The Hall–Kier alpha value is -2.68. The van der Waals surface area contributed by atoms with E-state index >= 15 is 0 Å². The predicted octanol–water partition coefficient (Wildman–Crippen LogP) is 4.05. The molecule has 0 fully saturated rings. The van der Waals surface area contributed by atoms with Gasteiger partial charge in [-0.2, -0.15) is 0 Å². The zero-order chi connectivity index (χ0) is 13.9. The van der Waals surface area contributed by atoms with Crippen LogP contribution >= 0.6 is 0 Å². The number of rotatable bonds is 3. The number of hydrogen-bond acceptors (Lipinski definition) is 1. The number of carbonyl (C=O) groups is 1. The average Bonchev–Trinajstić information content (AvgIpc) is 2.97. The number of ketones is 1. The molecule has 0 aliphatic rings. The first-order valence-electron chi connectivity index (χ1n) is 6.29. The molecular formula is C17H12FNO. The molecule has 0 atom stereocenters. The zero-order valence-electron chi connectivity index (χ0n) is 10.6. The minimum absolute atomic E-state index is 0.120. The molecule has 1 heterocycles. The standard InChI is InChI=1S/C17H12FNO/c18-14-8-6-13(7-9-14)17(20)15-10-11-19-16(15)12-4-2-1-3-5-12/h1-11,19H. The van der Waals surface area contributed by atoms with E-state index in [-0.39, 0.29) is 11.6 Å². The second kappa shape index (κ2) is 5.13. The maximum atomic E-state index is 12.9. The van der Waals surface area contributed by atoms with Gasteiger partial charge in [0, 0.05) is 17.3 Å². The quantitative estimate of drug-likeness (QED) is 0.712. The predicted molar refractivity (Wildman–Crippen MR) is 76.1 cm³/mol. The molecule has 1 aromatic heterocycles. The molecule has 0 spiro atoms. The van der Waals surface area contributed by atoms with Crippen molar-refractivity contribution >= 4 is 5.78 Å². The highest BCUT2D eigenvalue weighted by molar-refractivity contribution is 6.12. The molecule has 0 saturated heterocycles. The van der Waals surface area contributed by atoms with E-state index in [2.05, 4.69) is 4.98 Å². The van der Waals surface area contributed by atoms with Crippen molar-refractivity contribution in [2.75, 3.05) is 0 Å². The Morgan fingerprint density at radius 3 is 2.30 bits per heavy atom. The van der Waals surface area contributed by atoms with Crippen molar-refractivity contribution in [3.63, 3.8) is 0 Å². The van der Waals surface area contributed by atoms with Crippen molar-refractivity contribution in [3.8, 4) is 11.3 Å². The normalized spacial score (nSPS) is 10.4. The minimum Gasteiger partial charge on any atom is -0.361 e. The fourth-order valence-electron chi connectivity index (χ4n) is 2.16. The van der Waals surface area contributed by atoms with Crippen molar-refractivity contribution in [2.24, 2.45) is 0 Å². The largest absolute Gasteiger partial charge is 0.361 e. The number of halogens is 1. The van der Waals surface area contributed by atoms with Crippen LogP contribution < -0.4 is 0 Å². The molecule has 0 bridgehead atoms. The van der Waals surface area contributed by atoms with E-state index in [1.165, 1.54) is 24.3 Å². The van der Waals surface area contributed by atoms with Crippen LogP contribution in [-0.4, -0.2) is 10.8 Å². The minimum atomic E-state index is -0.348. The van der Waals surface area contributed by atoms with Crippen LogP contribution in [0.4, 0.5) is 4.39 Å². The Labute approximate surface area is 115 Å². The maximum absolute atomic E-state index is 12.9. The molecule has 0 saturated carbocycles. The van der Waals surface area contributed by atoms with Crippen LogP contribution in [0.15, 0.2) is 66.9 Å². The Balaban J connectivity index is 2.02. The van der Waals surface area contributed by atoms with E-state index in [0.29, 0.717) is 11.1 Å². The van der Waals surface area contributed by atoms with Crippen molar-refractivity contribution in [2.45, 2.75) is 0 Å². The maximum Gasteiger partial charge on any atom is 0.195 e. The Kier molecular flexibility index (Phi) is 3.17. The van der Waals surface area contributed by atoms with E-state index < -0.39 is 0 Å². The monoisotopic (exact) mass is 265 g/mol. The molecule has 98 valence electrons. The van der Waals surface area contributed by atoms with Crippen molar-refractivity contribution in [3.05, 3.63) is 83.8 Å². The molecule has 20 heavy (non-hydrogen) atoms. The smallest absolute Gasteiger partial charge is 0.195 e. The average molecular weight is 265 g/mol. The number of aromatic amines is 1. The van der Waals surface area contributed by atoms with Crippen LogP contribution in [0.2, 0.25) is 0 Å². The van der Waals surface area contributed by atoms with Crippen LogP contribution in [0.1, 0.15) is 15.9 Å². The molecule has 0 radical (unpaired) electrons. The topological polar surface area (TPSA) is 32.9 Å². The first-order chi connectivity index (χ1) is 9.75. The summed E-state index contributed by atoms with van der Waals surface area (Å²) in [6.45, 7) is 0. The van der Waals surface area contributed by atoms with E-state index in [4.69, 9.17) is 0 Å². The first kappa shape index (κ1) is 12.4. The van der Waals surface area contributed by atoms with Gasteiger partial charge in [0.15, 0.2) is 5.78 Å². The summed E-state index contributed by atoms with van der Waals surface area (Å²) in [5.74, 6) is -0.469. The van der Waals surface area contributed by atoms with E-state index in [1.54, 1.807) is 12.3 Å². The van der Waals surface area contributed by atoms with Crippen LogP contribution in [0, 0.1) is 5.82 Å². The SMILES string of the molecule is O=C(c1ccc(F)cc1)c1cc[nH]c1-c1ccccc1. The van der Waals surface area contributed by atoms with Gasteiger partial charge in [-0.1, -0.05) is 30.3 Å². The number of nitrogens with one attached hydrogen (secondary N) is 1. The number of carbonyl (C=O) groups excluding carboxylic acids is 1. The third-order valence-electron chi connectivity index (χ3n) is 3.16. The number of aromatic nitrogens is 1. The van der Waals surface area contributed by atoms with Gasteiger partial charge in [-0.25, -0.2) is 4.39 Å². The molecular weight excluding hydrogens is 253 g/mol. The molecule has 0 unspecified atom stereocenters. The Morgan fingerprint density at radius 2 is 1.60 bits per heavy atom. The fraction of sp³-hybridized carbons (Fsp3) is 0. The highest BCUT2D eigenvalue weighted by atomic mass is 19.1. The summed E-state index contributed by atoms with van der Waals surface area (Å²) in [4.78, 5) is 15.6.